The molecule has 1 aromatic heterocycles. The molecule has 1 aliphatic heterocycles. The Bertz CT molecular complexity index is 347. The second-order valence-corrected chi connectivity index (χ2v) is 5.01. The zero-order valence-electron chi connectivity index (χ0n) is 8.60. The van der Waals surface area contributed by atoms with E-state index in [1.807, 2.05) is 24.4 Å². The summed E-state index contributed by atoms with van der Waals surface area (Å²) in [6.45, 7) is 2.41. The van der Waals surface area contributed by atoms with Gasteiger partial charge < -0.3 is 9.84 Å². The lowest BCUT2D eigenvalue weighted by Crippen LogP contribution is -2.39. The molecule has 2 unspecified atom stereocenters. The van der Waals surface area contributed by atoms with Crippen LogP contribution < -0.4 is 0 Å². The molecule has 0 bridgehead atoms. The van der Waals surface area contributed by atoms with Crippen molar-refractivity contribution in [3.63, 3.8) is 0 Å². The number of hydrogen-bond donors (Lipinski definition) is 1. The van der Waals surface area contributed by atoms with E-state index >= 15 is 0 Å². The lowest BCUT2D eigenvalue weighted by Gasteiger charge is -2.26. The van der Waals surface area contributed by atoms with Gasteiger partial charge in [0.25, 0.3) is 0 Å². The quantitative estimate of drug-likeness (QED) is 0.859. The maximum absolute atomic E-state index is 11.4. The highest BCUT2D eigenvalue weighted by atomic mass is 32.1. The molecular formula is C11H14O3S. The summed E-state index contributed by atoms with van der Waals surface area (Å²) >= 11 is 1.61. The van der Waals surface area contributed by atoms with Gasteiger partial charge in [-0.25, -0.2) is 0 Å². The van der Waals surface area contributed by atoms with Crippen LogP contribution in [0, 0.1) is 5.41 Å². The van der Waals surface area contributed by atoms with Crippen molar-refractivity contribution in [3.8, 4) is 0 Å². The maximum Gasteiger partial charge on any atom is 0.312 e. The fraction of sp³-hybridized carbons (Fsp3) is 0.545. The third-order valence-corrected chi connectivity index (χ3v) is 4.07. The summed E-state index contributed by atoms with van der Waals surface area (Å²) < 4.78 is 5.40. The summed E-state index contributed by atoms with van der Waals surface area (Å²) in [5, 5.41) is 11.3. The SMILES string of the molecule is CC1OCCC1(Cc1cccs1)C(=O)O. The first kappa shape index (κ1) is 10.6. The first-order valence-electron chi connectivity index (χ1n) is 5.02. The lowest BCUT2D eigenvalue weighted by atomic mass is 9.78. The van der Waals surface area contributed by atoms with Crippen LogP contribution in [0.4, 0.5) is 0 Å². The number of thiophene rings is 1. The van der Waals surface area contributed by atoms with E-state index in [1.165, 1.54) is 0 Å². The van der Waals surface area contributed by atoms with Crippen molar-refractivity contribution in [3.05, 3.63) is 22.4 Å². The van der Waals surface area contributed by atoms with E-state index in [2.05, 4.69) is 0 Å². The standard InChI is InChI=1S/C11H14O3S/c1-8-11(10(12)13,4-5-14-8)7-9-3-2-6-15-9/h2-3,6,8H,4-5,7H2,1H3,(H,12,13). The van der Waals surface area contributed by atoms with Crippen molar-refractivity contribution in [2.24, 2.45) is 5.41 Å². The van der Waals surface area contributed by atoms with Crippen LogP contribution in [-0.4, -0.2) is 23.8 Å². The Labute approximate surface area is 92.7 Å². The van der Waals surface area contributed by atoms with Crippen molar-refractivity contribution in [1.82, 2.24) is 0 Å². The molecule has 2 atom stereocenters. The molecule has 0 aliphatic carbocycles. The van der Waals surface area contributed by atoms with Crippen molar-refractivity contribution in [2.75, 3.05) is 6.61 Å². The number of aliphatic carboxylic acids is 1. The first-order chi connectivity index (χ1) is 7.15. The Morgan fingerprint density at radius 3 is 3.07 bits per heavy atom. The molecule has 2 heterocycles. The fourth-order valence-corrected chi connectivity index (χ4v) is 2.92. The van der Waals surface area contributed by atoms with E-state index in [-0.39, 0.29) is 6.10 Å². The van der Waals surface area contributed by atoms with Crippen LogP contribution in [0.5, 0.6) is 0 Å². The number of ether oxygens (including phenoxy) is 1. The topological polar surface area (TPSA) is 46.5 Å². The van der Waals surface area contributed by atoms with Crippen LogP contribution in [0.15, 0.2) is 17.5 Å². The van der Waals surface area contributed by atoms with Crippen molar-refractivity contribution in [1.29, 1.82) is 0 Å². The number of carbonyl (C=O) groups is 1. The molecule has 15 heavy (non-hydrogen) atoms. The summed E-state index contributed by atoms with van der Waals surface area (Å²) in [7, 11) is 0. The van der Waals surface area contributed by atoms with Gasteiger partial charge in [0.15, 0.2) is 0 Å². The van der Waals surface area contributed by atoms with Gasteiger partial charge in [-0.15, -0.1) is 11.3 Å². The predicted octanol–water partition coefficient (Wildman–Crippen LogP) is 2.17. The minimum Gasteiger partial charge on any atom is -0.481 e. The van der Waals surface area contributed by atoms with Gasteiger partial charge >= 0.3 is 5.97 Å². The molecule has 1 N–H and O–H groups in total. The fourth-order valence-electron chi connectivity index (χ4n) is 2.09. The van der Waals surface area contributed by atoms with Gasteiger partial charge in [0, 0.05) is 17.9 Å². The van der Waals surface area contributed by atoms with Gasteiger partial charge in [-0.3, -0.25) is 4.79 Å². The van der Waals surface area contributed by atoms with E-state index in [4.69, 9.17) is 4.74 Å². The Kier molecular flexibility index (Phi) is 2.80. The van der Waals surface area contributed by atoms with Crippen molar-refractivity contribution >= 4 is 17.3 Å². The van der Waals surface area contributed by atoms with Gasteiger partial charge in [-0.05, 0) is 24.8 Å². The number of carboxylic acids is 1. The van der Waals surface area contributed by atoms with Crippen molar-refractivity contribution in [2.45, 2.75) is 25.9 Å². The molecule has 0 spiro atoms. The van der Waals surface area contributed by atoms with E-state index in [0.717, 1.165) is 4.88 Å². The summed E-state index contributed by atoms with van der Waals surface area (Å²) in [6.07, 6.45) is 1.000. The van der Waals surface area contributed by atoms with Crippen molar-refractivity contribution < 1.29 is 14.6 Å². The average Bonchev–Trinajstić information content (AvgIpc) is 2.78. The summed E-state index contributed by atoms with van der Waals surface area (Å²) in [5.41, 5.74) is -0.717. The Morgan fingerprint density at radius 2 is 2.60 bits per heavy atom. The minimum absolute atomic E-state index is 0.197. The van der Waals surface area contributed by atoms with Crippen LogP contribution in [0.25, 0.3) is 0 Å². The second kappa shape index (κ2) is 3.94. The second-order valence-electron chi connectivity index (χ2n) is 3.98. The first-order valence-corrected chi connectivity index (χ1v) is 5.90. The monoisotopic (exact) mass is 226 g/mol. The zero-order chi connectivity index (χ0) is 10.9. The van der Waals surface area contributed by atoms with E-state index in [1.54, 1.807) is 11.3 Å². The van der Waals surface area contributed by atoms with Gasteiger partial charge in [-0.2, -0.15) is 0 Å². The van der Waals surface area contributed by atoms with Crippen LogP contribution in [0.3, 0.4) is 0 Å². The van der Waals surface area contributed by atoms with Crippen LogP contribution >= 0.6 is 11.3 Å². The number of carboxylic acid groups (broad SMARTS) is 1. The summed E-state index contributed by atoms with van der Waals surface area (Å²) in [5.74, 6) is -0.735. The van der Waals surface area contributed by atoms with Crippen LogP contribution in [0.2, 0.25) is 0 Å². The predicted molar refractivity (Wildman–Crippen MR) is 58.1 cm³/mol. The summed E-state index contributed by atoms with van der Waals surface area (Å²) in [4.78, 5) is 12.5. The molecule has 1 aromatic rings. The Balaban J connectivity index is 2.24. The third-order valence-electron chi connectivity index (χ3n) is 3.19. The van der Waals surface area contributed by atoms with E-state index < -0.39 is 11.4 Å². The molecule has 1 saturated heterocycles. The largest absolute Gasteiger partial charge is 0.481 e. The normalized spacial score (nSPS) is 30.6. The van der Waals surface area contributed by atoms with Crippen LogP contribution in [-0.2, 0) is 16.0 Å². The average molecular weight is 226 g/mol. The lowest BCUT2D eigenvalue weighted by molar-refractivity contribution is -0.151. The molecule has 0 saturated carbocycles. The minimum atomic E-state index is -0.735. The molecule has 1 aliphatic rings. The molecule has 0 radical (unpaired) electrons. The summed E-state index contributed by atoms with van der Waals surface area (Å²) in [6, 6.07) is 3.94. The molecule has 2 rings (SSSR count). The number of hydrogen-bond acceptors (Lipinski definition) is 3. The molecule has 82 valence electrons. The van der Waals surface area contributed by atoms with E-state index in [9.17, 15) is 9.90 Å². The molecule has 4 heteroatoms. The van der Waals surface area contributed by atoms with Gasteiger partial charge in [0.05, 0.1) is 6.10 Å². The maximum atomic E-state index is 11.4. The highest BCUT2D eigenvalue weighted by Crippen LogP contribution is 2.39. The molecule has 3 nitrogen and oxygen atoms in total. The Morgan fingerprint density at radius 1 is 1.80 bits per heavy atom. The smallest absolute Gasteiger partial charge is 0.312 e. The van der Waals surface area contributed by atoms with Crippen LogP contribution in [0.1, 0.15) is 18.2 Å². The number of rotatable bonds is 3. The molecular weight excluding hydrogens is 212 g/mol. The van der Waals surface area contributed by atoms with E-state index in [0.29, 0.717) is 19.4 Å². The van der Waals surface area contributed by atoms with Gasteiger partial charge in [-0.1, -0.05) is 6.07 Å². The molecule has 0 aromatic carbocycles. The highest BCUT2D eigenvalue weighted by Gasteiger charge is 2.48. The highest BCUT2D eigenvalue weighted by molar-refractivity contribution is 7.09. The third kappa shape index (κ3) is 1.79. The molecule has 0 amide bonds. The molecule has 1 fully saturated rings. The van der Waals surface area contributed by atoms with Gasteiger partial charge in [0.2, 0.25) is 0 Å². The van der Waals surface area contributed by atoms with Gasteiger partial charge in [0.1, 0.15) is 5.41 Å². The zero-order valence-corrected chi connectivity index (χ0v) is 9.42. The Hall–Kier alpha value is -0.870.